The van der Waals surface area contributed by atoms with E-state index in [1.165, 1.54) is 0 Å². The Bertz CT molecular complexity index is 360. The van der Waals surface area contributed by atoms with Crippen molar-refractivity contribution in [1.29, 1.82) is 0 Å². The van der Waals surface area contributed by atoms with Crippen LogP contribution in [0.3, 0.4) is 0 Å². The second-order valence-electron chi connectivity index (χ2n) is 4.26. The number of aliphatic hydroxyl groups excluding tert-OH is 1. The van der Waals surface area contributed by atoms with E-state index in [9.17, 15) is 5.11 Å². The molecule has 0 amide bonds. The van der Waals surface area contributed by atoms with Crippen LogP contribution in [0.15, 0.2) is 18.2 Å². The largest absolute Gasteiger partial charge is 0.487 e. The lowest BCUT2D eigenvalue weighted by atomic mass is 9.92. The molecule has 3 heteroatoms. The minimum Gasteiger partial charge on any atom is -0.487 e. The van der Waals surface area contributed by atoms with Crippen LogP contribution in [0.25, 0.3) is 0 Å². The van der Waals surface area contributed by atoms with Gasteiger partial charge in [-0.25, -0.2) is 0 Å². The van der Waals surface area contributed by atoms with Crippen LogP contribution in [-0.4, -0.2) is 10.7 Å². The molecule has 1 aliphatic rings. The van der Waals surface area contributed by atoms with E-state index in [1.807, 2.05) is 19.9 Å². The van der Waals surface area contributed by atoms with Gasteiger partial charge in [0.2, 0.25) is 0 Å². The number of hydrogen-bond donors (Lipinski definition) is 1. The van der Waals surface area contributed by atoms with E-state index in [1.54, 1.807) is 12.1 Å². The molecule has 0 bridgehead atoms. The smallest absolute Gasteiger partial charge is 0.126 e. The third-order valence-corrected chi connectivity index (χ3v) is 2.64. The van der Waals surface area contributed by atoms with Gasteiger partial charge in [-0.2, -0.15) is 0 Å². The number of rotatable bonds is 0. The first-order valence-electron chi connectivity index (χ1n) is 4.64. The fourth-order valence-electron chi connectivity index (χ4n) is 1.79. The Morgan fingerprint density at radius 2 is 2.21 bits per heavy atom. The Morgan fingerprint density at radius 1 is 1.50 bits per heavy atom. The summed E-state index contributed by atoms with van der Waals surface area (Å²) >= 11 is 5.85. The molecule has 76 valence electrons. The Labute approximate surface area is 88.5 Å². The summed E-state index contributed by atoms with van der Waals surface area (Å²) in [5, 5.41) is 10.5. The van der Waals surface area contributed by atoms with E-state index in [2.05, 4.69) is 0 Å². The van der Waals surface area contributed by atoms with Crippen LogP contribution in [0.4, 0.5) is 0 Å². The summed E-state index contributed by atoms with van der Waals surface area (Å²) in [6.07, 6.45) is 0.118. The second kappa shape index (κ2) is 3.14. The molecule has 0 spiro atoms. The fourth-order valence-corrected chi connectivity index (χ4v) is 1.97. The third-order valence-electron chi connectivity index (χ3n) is 2.40. The van der Waals surface area contributed by atoms with Crippen molar-refractivity contribution < 1.29 is 9.84 Å². The van der Waals surface area contributed by atoms with Crippen molar-refractivity contribution in [2.24, 2.45) is 0 Å². The van der Waals surface area contributed by atoms with Crippen molar-refractivity contribution in [2.75, 3.05) is 0 Å². The molecule has 0 radical (unpaired) electrons. The van der Waals surface area contributed by atoms with Gasteiger partial charge in [0.15, 0.2) is 0 Å². The van der Waals surface area contributed by atoms with Gasteiger partial charge >= 0.3 is 0 Å². The molecule has 1 aromatic rings. The van der Waals surface area contributed by atoms with Gasteiger partial charge in [0.25, 0.3) is 0 Å². The molecular weight excluding hydrogens is 200 g/mol. The minimum atomic E-state index is -0.479. The first-order valence-corrected chi connectivity index (χ1v) is 5.02. The molecule has 1 N–H and O–H groups in total. The van der Waals surface area contributed by atoms with Crippen LogP contribution >= 0.6 is 11.6 Å². The van der Waals surface area contributed by atoms with Gasteiger partial charge in [0.05, 0.1) is 6.10 Å². The zero-order chi connectivity index (χ0) is 10.3. The van der Waals surface area contributed by atoms with Crippen LogP contribution in [0.1, 0.15) is 31.9 Å². The maximum Gasteiger partial charge on any atom is 0.126 e. The molecular formula is C11H13ClO2. The maximum absolute atomic E-state index is 9.88. The highest BCUT2D eigenvalue weighted by Gasteiger charge is 2.32. The highest BCUT2D eigenvalue weighted by atomic mass is 35.5. The topological polar surface area (TPSA) is 29.5 Å². The van der Waals surface area contributed by atoms with E-state index in [-0.39, 0.29) is 5.60 Å². The average molecular weight is 213 g/mol. The molecule has 0 fully saturated rings. The molecule has 14 heavy (non-hydrogen) atoms. The molecule has 1 heterocycles. The van der Waals surface area contributed by atoms with Crippen molar-refractivity contribution in [3.8, 4) is 5.75 Å². The number of halogens is 1. The number of benzene rings is 1. The first-order chi connectivity index (χ1) is 6.48. The molecule has 0 saturated heterocycles. The standard InChI is InChI=1S/C11H13ClO2/c1-11(2)6-9(13)8-5-7(12)3-4-10(8)14-11/h3-5,9,13H,6H2,1-2H3. The minimum absolute atomic E-state index is 0.305. The highest BCUT2D eigenvalue weighted by molar-refractivity contribution is 6.30. The van der Waals surface area contributed by atoms with Crippen LogP contribution in [0.2, 0.25) is 5.02 Å². The van der Waals surface area contributed by atoms with E-state index < -0.39 is 6.10 Å². The van der Waals surface area contributed by atoms with Crippen LogP contribution in [0.5, 0.6) is 5.75 Å². The molecule has 1 aromatic carbocycles. The third kappa shape index (κ3) is 1.72. The molecule has 1 atom stereocenters. The van der Waals surface area contributed by atoms with Crippen LogP contribution < -0.4 is 4.74 Å². The predicted octanol–water partition coefficient (Wildman–Crippen LogP) is 2.93. The summed E-state index contributed by atoms with van der Waals surface area (Å²) in [6.45, 7) is 3.93. The van der Waals surface area contributed by atoms with Gasteiger partial charge in [-0.15, -0.1) is 0 Å². The molecule has 1 aliphatic heterocycles. The van der Waals surface area contributed by atoms with Crippen molar-refractivity contribution in [3.05, 3.63) is 28.8 Å². The number of fused-ring (bicyclic) bond motifs is 1. The van der Waals surface area contributed by atoms with Gasteiger partial charge in [0.1, 0.15) is 11.4 Å². The number of ether oxygens (including phenoxy) is 1. The molecule has 0 saturated carbocycles. The Balaban J connectivity index is 2.45. The lowest BCUT2D eigenvalue weighted by molar-refractivity contribution is 0.0115. The SMILES string of the molecule is CC1(C)CC(O)c2cc(Cl)ccc2O1. The second-order valence-corrected chi connectivity index (χ2v) is 4.70. The summed E-state index contributed by atoms with van der Waals surface area (Å²) in [7, 11) is 0. The summed E-state index contributed by atoms with van der Waals surface area (Å²) in [5.74, 6) is 0.734. The monoisotopic (exact) mass is 212 g/mol. The number of hydrogen-bond acceptors (Lipinski definition) is 2. The molecule has 0 aliphatic carbocycles. The Hall–Kier alpha value is -0.730. The van der Waals surface area contributed by atoms with Crippen molar-refractivity contribution in [3.63, 3.8) is 0 Å². The normalized spacial score (nSPS) is 23.9. The van der Waals surface area contributed by atoms with Gasteiger partial charge in [0, 0.05) is 17.0 Å². The first kappa shape index (κ1) is 9.81. The van der Waals surface area contributed by atoms with E-state index in [0.717, 1.165) is 11.3 Å². The summed E-state index contributed by atoms with van der Waals surface area (Å²) in [4.78, 5) is 0. The Kier molecular flexibility index (Phi) is 2.20. The molecule has 2 rings (SSSR count). The van der Waals surface area contributed by atoms with Crippen LogP contribution in [-0.2, 0) is 0 Å². The summed E-state index contributed by atoms with van der Waals surface area (Å²) in [5.41, 5.74) is 0.483. The quantitative estimate of drug-likeness (QED) is 0.717. The fraction of sp³-hybridized carbons (Fsp3) is 0.455. The lowest BCUT2D eigenvalue weighted by Gasteiger charge is -2.35. The molecule has 2 nitrogen and oxygen atoms in total. The maximum atomic E-state index is 9.88. The van der Waals surface area contributed by atoms with E-state index in [4.69, 9.17) is 16.3 Å². The van der Waals surface area contributed by atoms with Crippen LogP contribution in [0, 0.1) is 0 Å². The molecule has 0 aromatic heterocycles. The zero-order valence-corrected chi connectivity index (χ0v) is 9.01. The van der Waals surface area contributed by atoms with Gasteiger partial charge in [-0.3, -0.25) is 0 Å². The average Bonchev–Trinajstić information content (AvgIpc) is 2.05. The van der Waals surface area contributed by atoms with Crippen molar-refractivity contribution in [1.82, 2.24) is 0 Å². The zero-order valence-electron chi connectivity index (χ0n) is 8.25. The number of aliphatic hydroxyl groups is 1. The lowest BCUT2D eigenvalue weighted by Crippen LogP contribution is -2.34. The molecule has 1 unspecified atom stereocenters. The highest BCUT2D eigenvalue weighted by Crippen LogP contribution is 2.40. The van der Waals surface area contributed by atoms with E-state index >= 15 is 0 Å². The summed E-state index contributed by atoms with van der Waals surface area (Å²) in [6, 6.07) is 5.34. The predicted molar refractivity (Wildman–Crippen MR) is 55.7 cm³/mol. The van der Waals surface area contributed by atoms with Crippen molar-refractivity contribution in [2.45, 2.75) is 32.0 Å². The summed E-state index contributed by atoms with van der Waals surface area (Å²) < 4.78 is 5.73. The Morgan fingerprint density at radius 3 is 2.93 bits per heavy atom. The van der Waals surface area contributed by atoms with Gasteiger partial charge in [-0.05, 0) is 32.0 Å². The van der Waals surface area contributed by atoms with Gasteiger partial charge < -0.3 is 9.84 Å². The van der Waals surface area contributed by atoms with E-state index in [0.29, 0.717) is 11.4 Å². The van der Waals surface area contributed by atoms with Crippen molar-refractivity contribution >= 4 is 11.6 Å². The van der Waals surface area contributed by atoms with Gasteiger partial charge in [-0.1, -0.05) is 11.6 Å².